The molecule has 1 aromatic heterocycles. The average molecular weight is 353 g/mol. The zero-order valence-electron chi connectivity index (χ0n) is 15.2. The molecule has 5 nitrogen and oxygen atoms in total. The van der Waals surface area contributed by atoms with Crippen LogP contribution in [-0.2, 0) is 24.1 Å². The molecule has 2 aliphatic rings. The molecule has 1 saturated heterocycles. The van der Waals surface area contributed by atoms with Crippen LogP contribution >= 0.6 is 0 Å². The molecule has 1 atom stereocenters. The number of guanidine groups is 1. The van der Waals surface area contributed by atoms with Crippen LogP contribution in [-0.4, -0.2) is 43.2 Å². The molecule has 3 heterocycles. The highest BCUT2D eigenvalue weighted by Gasteiger charge is 2.20. The fraction of sp³-hybridized carbons (Fsp3) is 0.476. The molecule has 0 bridgehead atoms. The molecule has 0 spiro atoms. The van der Waals surface area contributed by atoms with Gasteiger partial charge in [-0.15, -0.1) is 0 Å². The molecule has 0 aliphatic carbocycles. The van der Waals surface area contributed by atoms with Gasteiger partial charge in [-0.2, -0.15) is 0 Å². The zero-order valence-corrected chi connectivity index (χ0v) is 15.2. The third-order valence-electron chi connectivity index (χ3n) is 5.13. The molecule has 4 rings (SSSR count). The van der Waals surface area contributed by atoms with E-state index in [4.69, 9.17) is 14.1 Å². The summed E-state index contributed by atoms with van der Waals surface area (Å²) in [6.45, 7) is 4.33. The predicted octanol–water partition coefficient (Wildman–Crippen LogP) is 3.01. The standard InChI is InChI=1S/C21H27N3O2/c1-2-6-18-16-24(12-10-17(18)5-1)21(23-15-20-8-4-14-26-20)22-11-9-19-7-3-13-25-19/h1-3,5-7,13,20H,4,8-12,14-16H2,(H,22,23). The van der Waals surface area contributed by atoms with Gasteiger partial charge in [0.1, 0.15) is 5.76 Å². The maximum absolute atomic E-state index is 5.74. The minimum atomic E-state index is 0.272. The Morgan fingerprint density at radius 2 is 2.12 bits per heavy atom. The van der Waals surface area contributed by atoms with Crippen molar-refractivity contribution < 1.29 is 9.15 Å². The van der Waals surface area contributed by atoms with Crippen molar-refractivity contribution >= 4 is 5.96 Å². The van der Waals surface area contributed by atoms with Crippen molar-refractivity contribution in [3.05, 3.63) is 59.5 Å². The highest BCUT2D eigenvalue weighted by Crippen LogP contribution is 2.19. The van der Waals surface area contributed by atoms with Crippen LogP contribution in [0.25, 0.3) is 0 Å². The summed E-state index contributed by atoms with van der Waals surface area (Å²) in [5.74, 6) is 1.99. The molecule has 0 radical (unpaired) electrons. The number of ether oxygens (including phenoxy) is 1. The summed E-state index contributed by atoms with van der Waals surface area (Å²) in [7, 11) is 0. The Morgan fingerprint density at radius 1 is 1.19 bits per heavy atom. The lowest BCUT2D eigenvalue weighted by Gasteiger charge is -2.32. The summed E-state index contributed by atoms with van der Waals surface area (Å²) >= 11 is 0. The minimum Gasteiger partial charge on any atom is -0.469 e. The van der Waals surface area contributed by atoms with Crippen LogP contribution < -0.4 is 5.32 Å². The first kappa shape index (κ1) is 17.2. The Labute approximate surface area is 155 Å². The third kappa shape index (κ3) is 4.28. The predicted molar refractivity (Wildman–Crippen MR) is 102 cm³/mol. The lowest BCUT2D eigenvalue weighted by Crippen LogP contribution is -2.45. The Hall–Kier alpha value is -2.27. The molecule has 1 N–H and O–H groups in total. The first-order valence-corrected chi connectivity index (χ1v) is 9.62. The molecule has 2 aromatic rings. The van der Waals surface area contributed by atoms with Crippen LogP contribution in [0.5, 0.6) is 0 Å². The van der Waals surface area contributed by atoms with Gasteiger partial charge in [0.15, 0.2) is 5.96 Å². The van der Waals surface area contributed by atoms with Gasteiger partial charge in [-0.25, -0.2) is 0 Å². The first-order valence-electron chi connectivity index (χ1n) is 9.62. The molecule has 0 saturated carbocycles. The van der Waals surface area contributed by atoms with E-state index in [0.29, 0.717) is 0 Å². The number of fused-ring (bicyclic) bond motifs is 1. The van der Waals surface area contributed by atoms with E-state index in [1.165, 1.54) is 11.1 Å². The molecular weight excluding hydrogens is 326 g/mol. The van der Waals surface area contributed by atoms with Crippen LogP contribution in [0.2, 0.25) is 0 Å². The Morgan fingerprint density at radius 3 is 2.92 bits per heavy atom. The monoisotopic (exact) mass is 353 g/mol. The summed E-state index contributed by atoms with van der Waals surface area (Å²) in [5, 5.41) is 3.54. The first-order chi connectivity index (χ1) is 12.9. The molecule has 1 fully saturated rings. The largest absolute Gasteiger partial charge is 0.469 e. The normalized spacial score (nSPS) is 20.2. The number of aliphatic imine (C=N–C) groups is 1. The Balaban J connectivity index is 1.42. The zero-order chi connectivity index (χ0) is 17.6. The summed E-state index contributed by atoms with van der Waals surface area (Å²) in [6.07, 6.45) is 6.19. The van der Waals surface area contributed by atoms with E-state index in [0.717, 1.165) is 70.2 Å². The van der Waals surface area contributed by atoms with E-state index in [9.17, 15) is 0 Å². The number of furan rings is 1. The highest BCUT2D eigenvalue weighted by molar-refractivity contribution is 5.80. The summed E-state index contributed by atoms with van der Waals surface area (Å²) in [4.78, 5) is 7.26. The van der Waals surface area contributed by atoms with Gasteiger partial charge >= 0.3 is 0 Å². The molecule has 1 unspecified atom stereocenters. The molecule has 138 valence electrons. The number of nitrogens with one attached hydrogen (secondary N) is 1. The number of rotatable bonds is 5. The van der Waals surface area contributed by atoms with Gasteiger partial charge < -0.3 is 19.4 Å². The molecular formula is C21H27N3O2. The van der Waals surface area contributed by atoms with Crippen LogP contribution in [0, 0.1) is 0 Å². The number of benzene rings is 1. The molecule has 2 aliphatic heterocycles. The SMILES string of the molecule is c1coc(CCNC(=NCC2CCCO2)N2CCc3ccccc3C2)c1. The van der Waals surface area contributed by atoms with Gasteiger partial charge in [-0.3, -0.25) is 4.99 Å². The highest BCUT2D eigenvalue weighted by atomic mass is 16.5. The fourth-order valence-electron chi connectivity index (χ4n) is 3.67. The fourth-order valence-corrected chi connectivity index (χ4v) is 3.67. The third-order valence-corrected chi connectivity index (χ3v) is 5.13. The van der Waals surface area contributed by atoms with Crippen LogP contribution in [0.4, 0.5) is 0 Å². The van der Waals surface area contributed by atoms with Gasteiger partial charge in [0, 0.05) is 32.7 Å². The molecule has 1 aromatic carbocycles. The van der Waals surface area contributed by atoms with E-state index in [-0.39, 0.29) is 6.10 Å². The van der Waals surface area contributed by atoms with Gasteiger partial charge in [-0.05, 0) is 42.5 Å². The lowest BCUT2D eigenvalue weighted by atomic mass is 10.0. The summed E-state index contributed by atoms with van der Waals surface area (Å²) in [6, 6.07) is 12.7. The van der Waals surface area contributed by atoms with Gasteiger partial charge in [0.2, 0.25) is 0 Å². The van der Waals surface area contributed by atoms with E-state index in [2.05, 4.69) is 34.5 Å². The quantitative estimate of drug-likeness (QED) is 0.663. The molecule has 26 heavy (non-hydrogen) atoms. The average Bonchev–Trinajstić information content (AvgIpc) is 3.38. The van der Waals surface area contributed by atoms with Gasteiger partial charge in [0.25, 0.3) is 0 Å². The lowest BCUT2D eigenvalue weighted by molar-refractivity contribution is 0.117. The van der Waals surface area contributed by atoms with Crippen LogP contribution in [0.1, 0.15) is 29.7 Å². The van der Waals surface area contributed by atoms with Gasteiger partial charge in [0.05, 0.1) is 18.9 Å². The van der Waals surface area contributed by atoms with Gasteiger partial charge in [-0.1, -0.05) is 24.3 Å². The van der Waals surface area contributed by atoms with Crippen LogP contribution in [0.3, 0.4) is 0 Å². The van der Waals surface area contributed by atoms with E-state index < -0.39 is 0 Å². The number of hydrogen-bond acceptors (Lipinski definition) is 3. The van der Waals surface area contributed by atoms with Crippen molar-refractivity contribution in [3.8, 4) is 0 Å². The second kappa shape index (κ2) is 8.41. The summed E-state index contributed by atoms with van der Waals surface area (Å²) in [5.41, 5.74) is 2.86. The second-order valence-corrected chi connectivity index (χ2v) is 7.00. The van der Waals surface area contributed by atoms with Crippen molar-refractivity contribution in [2.75, 3.05) is 26.2 Å². The Kier molecular flexibility index (Phi) is 5.55. The van der Waals surface area contributed by atoms with Crippen molar-refractivity contribution in [2.24, 2.45) is 4.99 Å². The van der Waals surface area contributed by atoms with Crippen molar-refractivity contribution in [1.29, 1.82) is 0 Å². The van der Waals surface area contributed by atoms with E-state index in [1.807, 2.05) is 12.1 Å². The minimum absolute atomic E-state index is 0.272. The Bertz CT molecular complexity index is 721. The molecule has 0 amide bonds. The summed E-state index contributed by atoms with van der Waals surface area (Å²) < 4.78 is 11.2. The molecule has 5 heteroatoms. The van der Waals surface area contributed by atoms with Crippen molar-refractivity contribution in [2.45, 2.75) is 38.3 Å². The van der Waals surface area contributed by atoms with Crippen molar-refractivity contribution in [3.63, 3.8) is 0 Å². The van der Waals surface area contributed by atoms with E-state index in [1.54, 1.807) is 6.26 Å². The van der Waals surface area contributed by atoms with Crippen LogP contribution in [0.15, 0.2) is 52.1 Å². The second-order valence-electron chi connectivity index (χ2n) is 7.00. The number of nitrogens with zero attached hydrogens (tertiary/aromatic N) is 2. The number of hydrogen-bond donors (Lipinski definition) is 1. The smallest absolute Gasteiger partial charge is 0.194 e. The maximum Gasteiger partial charge on any atom is 0.194 e. The topological polar surface area (TPSA) is 50.0 Å². The maximum atomic E-state index is 5.74. The van der Waals surface area contributed by atoms with E-state index >= 15 is 0 Å². The van der Waals surface area contributed by atoms with Crippen molar-refractivity contribution in [1.82, 2.24) is 10.2 Å².